The average molecular weight is 1750 g/mol. The Morgan fingerprint density at radius 2 is 1.62 bits per heavy atom. The van der Waals surface area contributed by atoms with Crippen molar-refractivity contribution in [1.29, 1.82) is 0 Å². The predicted molar refractivity (Wildman–Crippen MR) is 398 cm³/mol. The Kier molecular flexibility index (Phi) is 31.7. The molecular weight excluding hydrogens is 1650 g/mol. The number of hydrogen-bond donors (Lipinski definition) is 9. The molecule has 24 nitrogen and oxygen atoms in total. The second-order valence-electron chi connectivity index (χ2n) is 26.0. The summed E-state index contributed by atoms with van der Waals surface area (Å²) >= 11 is 3.87. The number of nitrogen functional groups attached to an aromatic ring is 1. The van der Waals surface area contributed by atoms with Gasteiger partial charge >= 0.3 is 6.09 Å². The van der Waals surface area contributed by atoms with Gasteiger partial charge in [-0.25, -0.2) is 19.7 Å². The monoisotopic (exact) mass is 1750 g/mol. The van der Waals surface area contributed by atoms with E-state index in [2.05, 4.69) is 96.7 Å². The van der Waals surface area contributed by atoms with Crippen molar-refractivity contribution < 1.29 is 94.7 Å². The van der Waals surface area contributed by atoms with Crippen molar-refractivity contribution in [2.45, 2.75) is 161 Å². The first-order chi connectivity index (χ1) is 46.7. The Balaban J connectivity index is 0.000000238. The van der Waals surface area contributed by atoms with E-state index in [1.165, 1.54) is 43.8 Å². The molecular formula is C72H99IN11O13PSU. The van der Waals surface area contributed by atoms with E-state index in [9.17, 15) is 39.9 Å². The molecule has 4 aromatic carbocycles. The molecule has 4 aliphatic rings. The number of aromatic hydroxyl groups is 4. The molecule has 2 aromatic heterocycles. The summed E-state index contributed by atoms with van der Waals surface area (Å²) in [7, 11) is 5.14. The molecule has 100 heavy (non-hydrogen) atoms. The molecule has 2 bridgehead atoms. The zero-order chi connectivity index (χ0) is 71.2. The molecule has 0 radical (unpaired) electrons. The Hall–Kier alpha value is -6.22. The number of carbonyl (C=O) groups excluding carboxylic acids is 3. The van der Waals surface area contributed by atoms with Crippen LogP contribution < -0.4 is 31.6 Å². The first-order valence-electron chi connectivity index (χ1n) is 33.1. The van der Waals surface area contributed by atoms with Crippen molar-refractivity contribution in [3.63, 3.8) is 0 Å². The summed E-state index contributed by atoms with van der Waals surface area (Å²) in [5.41, 5.74) is 19.5. The third-order valence-electron chi connectivity index (χ3n) is 17.8. The molecule has 542 valence electrons. The summed E-state index contributed by atoms with van der Waals surface area (Å²) < 4.78 is 30.8. The number of imidazole rings is 1. The smallest absolute Gasteiger partial charge is 0.405 e. The molecule has 0 spiro atoms. The summed E-state index contributed by atoms with van der Waals surface area (Å²) in [6.45, 7) is 25.6. The van der Waals surface area contributed by atoms with Crippen LogP contribution in [0.1, 0.15) is 125 Å². The van der Waals surface area contributed by atoms with Gasteiger partial charge in [0.05, 0.1) is 23.5 Å². The van der Waals surface area contributed by atoms with E-state index >= 15 is 0 Å². The molecule has 1 fully saturated rings. The number of amides is 3. The minimum absolute atomic E-state index is 0. The Morgan fingerprint density at radius 1 is 0.920 bits per heavy atom. The van der Waals surface area contributed by atoms with Crippen LogP contribution in [-0.2, 0) is 58.0 Å². The minimum atomic E-state index is -0.981. The number of aromatic nitrogens is 4. The number of methoxy groups -OCH3 is 2. The predicted octanol–water partition coefficient (Wildman–Crippen LogP) is 10.6. The number of halogens is 1. The molecule has 1 saturated heterocycles. The van der Waals surface area contributed by atoms with E-state index < -0.39 is 42.3 Å². The number of piperazine rings is 1. The van der Waals surface area contributed by atoms with Crippen LogP contribution in [0.3, 0.4) is 0 Å². The molecule has 1 unspecified atom stereocenters. The van der Waals surface area contributed by atoms with Crippen molar-refractivity contribution in [2.24, 2.45) is 17.6 Å². The number of aryl methyl sites for hydroxylation is 1. The number of allylic oxidation sites excluding steroid dienone is 2. The van der Waals surface area contributed by atoms with E-state index in [-0.39, 0.29) is 99.8 Å². The van der Waals surface area contributed by atoms with Crippen molar-refractivity contribution in [2.75, 3.05) is 71.8 Å². The molecule has 10 rings (SSSR count). The molecule has 6 heterocycles. The van der Waals surface area contributed by atoms with Gasteiger partial charge in [0, 0.05) is 147 Å². The number of aliphatic hydroxyl groups is 1. The molecule has 7 atom stereocenters. The van der Waals surface area contributed by atoms with Crippen molar-refractivity contribution in [1.82, 2.24) is 39.5 Å². The second-order valence-corrected chi connectivity index (χ2v) is 28.2. The van der Waals surface area contributed by atoms with E-state index in [1.807, 2.05) is 46.8 Å². The standard InChI is InChI=1S/C30H44N2O8.C24H31N3O3.C18H21IN6O2S.H3P.U/c1-8-20-21-12-16(2)13-25(39-7)26(34)18(4)14-19(5)28(40-30(31)37)24(38-6)11-9-10-17(3)29(36)32-22(27(21)35)15-23(20)33;1-16(2)20-11-21(23(29)12-22(20)28)24(30)27-14-18-5-4-17(10-19(18)15-27)13-26-8-6-25(3)7-9-26;1-10(2)21-4-3-5-25-17-15(16(20)22-8-23-17)24-18(25)28-14-7-13-12(6-11(14)19)26-9-27-13;;/h9-11,14-16,18,24-26,28,33-35H,8,12-13H2,1-7H3,(H2,31,37)(H,32,36);4-5,10-12,16,28-29H,6-9,13-15H2,1-3H3;6-8,10,21H,3-5,9H2,1-2H3,(H2,20,22,23);1H3;/b11-9-,17-10+,19-14+;;;;/t16-,18+,24+,25+,26-,28+;;;;/m1..../s1. The normalized spacial score (nSPS) is 21.0. The quantitative estimate of drug-likeness (QED) is 0.0115. The Labute approximate surface area is 631 Å². The summed E-state index contributed by atoms with van der Waals surface area (Å²) in [4.78, 5) is 58.7. The van der Waals surface area contributed by atoms with Crippen LogP contribution in [0.15, 0.2) is 100 Å². The molecule has 28 heteroatoms. The van der Waals surface area contributed by atoms with E-state index in [4.69, 9.17) is 40.1 Å². The van der Waals surface area contributed by atoms with Crippen LogP contribution >= 0.6 is 44.3 Å². The fourth-order valence-electron chi connectivity index (χ4n) is 12.3. The summed E-state index contributed by atoms with van der Waals surface area (Å²) in [5, 5.41) is 60.3. The summed E-state index contributed by atoms with van der Waals surface area (Å²) in [5.74, 6) is 0.559. The molecule has 3 amide bonds. The largest absolute Gasteiger partial charge is 0.508 e. The molecule has 11 N–H and O–H groups in total. The topological polar surface area (TPSA) is 328 Å². The number of primary amides is 1. The SMILES string of the molecule is CC(C)NCCCn1c(Sc2cc3c(cc2I)OCO3)nc2c(N)ncnc21.CC(C)c1cc(C(=O)N2Cc3ccc(CN4CCN(C)CC4)cc3C2)c(O)cc1O.CCc1c(O)cc2c(O)c1C[C@@H](C)C[C@H](OC)[C@H](O)[C@@H](C)/C=C(\C)[C@H](OC(N)=O)[C@@H](OC)/C=C\C=C(/C)C(=O)N2.P.[U]. The van der Waals surface area contributed by atoms with Gasteiger partial charge in [-0.15, -0.1) is 0 Å². The summed E-state index contributed by atoms with van der Waals surface area (Å²) in [6.07, 6.45) is 6.23. The molecule has 0 saturated carbocycles. The van der Waals surface area contributed by atoms with Crippen molar-refractivity contribution in [3.05, 3.63) is 133 Å². The van der Waals surface area contributed by atoms with Crippen LogP contribution in [0, 0.1) is 46.5 Å². The van der Waals surface area contributed by atoms with Crippen LogP contribution in [0.4, 0.5) is 16.3 Å². The third kappa shape index (κ3) is 21.5. The van der Waals surface area contributed by atoms with Gasteiger partial charge in [-0.1, -0.05) is 103 Å². The number of anilines is 2. The molecule has 4 aliphatic heterocycles. The first kappa shape index (κ1) is 82.7. The maximum atomic E-state index is 13.1. The number of phenols is 4. The molecule has 6 aromatic rings. The van der Waals surface area contributed by atoms with Gasteiger partial charge in [-0.05, 0) is 134 Å². The van der Waals surface area contributed by atoms with Crippen LogP contribution in [0.5, 0.6) is 34.5 Å². The fourth-order valence-corrected chi connectivity index (χ4v) is 14.0. The van der Waals surface area contributed by atoms with Gasteiger partial charge in [0.25, 0.3) is 11.8 Å². The van der Waals surface area contributed by atoms with Crippen LogP contribution in [0.25, 0.3) is 11.2 Å². The summed E-state index contributed by atoms with van der Waals surface area (Å²) in [6, 6.07) is 15.2. The van der Waals surface area contributed by atoms with Gasteiger partial charge in [0.15, 0.2) is 39.7 Å². The number of nitrogens with one attached hydrogen (secondary N) is 2. The number of ether oxygens (including phenoxy) is 5. The maximum absolute atomic E-state index is 13.1. The first-order valence-corrected chi connectivity index (χ1v) is 35.0. The van der Waals surface area contributed by atoms with Crippen molar-refractivity contribution >= 4 is 84.8 Å². The maximum Gasteiger partial charge on any atom is 0.405 e. The number of rotatable bonds is 15. The Morgan fingerprint density at radius 3 is 2.28 bits per heavy atom. The number of hydrogen-bond acceptors (Lipinski definition) is 21. The average Bonchev–Trinajstić information content (AvgIpc) is 1.45. The third-order valence-corrected chi connectivity index (χ3v) is 20.2. The number of phenolic OH excluding ortho intramolecular Hbond substituents is 4. The fraction of sp³-hybridized carbons (Fsp3) is 0.472. The number of carbonyl (C=O) groups is 3. The van der Waals surface area contributed by atoms with Crippen LogP contribution in [0.2, 0.25) is 0 Å². The number of aliphatic hydroxyl groups excluding tert-OH is 1. The van der Waals surface area contributed by atoms with Gasteiger partial charge in [0.2, 0.25) is 6.79 Å². The number of nitrogens with two attached hydrogens (primary N) is 2. The zero-order valence-electron chi connectivity index (χ0n) is 59.3. The number of fused-ring (bicyclic) bond motifs is 5. The number of nitrogens with zero attached hydrogens (tertiary/aromatic N) is 7. The van der Waals surface area contributed by atoms with Gasteiger partial charge in [-0.3, -0.25) is 14.5 Å². The Bertz CT molecular complexity index is 3910. The second kappa shape index (κ2) is 38.3. The van der Waals surface area contributed by atoms with Gasteiger partial charge < -0.3 is 85.7 Å². The van der Waals surface area contributed by atoms with Crippen LogP contribution in [-0.4, -0.2) is 169 Å². The number of likely N-dealkylation sites (N-methyl/N-ethyl adjacent to an activating group) is 1. The number of benzene rings is 4. The molecule has 0 aliphatic carbocycles. The van der Waals surface area contributed by atoms with Gasteiger partial charge in [-0.2, -0.15) is 9.90 Å². The minimum Gasteiger partial charge on any atom is -0.508 e. The zero-order valence-corrected chi connectivity index (χ0v) is 67.9. The van der Waals surface area contributed by atoms with Gasteiger partial charge in [0.1, 0.15) is 35.4 Å². The van der Waals surface area contributed by atoms with E-state index in [0.717, 1.165) is 88.6 Å². The van der Waals surface area contributed by atoms with E-state index in [1.54, 1.807) is 60.9 Å². The van der Waals surface area contributed by atoms with E-state index in [0.29, 0.717) is 77.6 Å². The van der Waals surface area contributed by atoms with Crippen molar-refractivity contribution in [3.8, 4) is 34.5 Å².